The van der Waals surface area contributed by atoms with E-state index in [9.17, 15) is 4.79 Å². The lowest BCUT2D eigenvalue weighted by Crippen LogP contribution is -2.52. The van der Waals surface area contributed by atoms with Gasteiger partial charge in [0.25, 0.3) is 5.91 Å². The third-order valence-electron chi connectivity index (χ3n) is 3.94. The van der Waals surface area contributed by atoms with Crippen molar-refractivity contribution in [2.45, 2.75) is 32.4 Å². The molecule has 0 saturated carbocycles. The molecular weight excluding hydrogens is 282 g/mol. The Morgan fingerprint density at radius 2 is 2.27 bits per heavy atom. The summed E-state index contributed by atoms with van der Waals surface area (Å²) in [5, 5.41) is 11.3. The molecule has 6 nitrogen and oxygen atoms in total. The molecule has 0 aliphatic carbocycles. The molecule has 1 aromatic heterocycles. The summed E-state index contributed by atoms with van der Waals surface area (Å²) >= 11 is 0. The van der Waals surface area contributed by atoms with Crippen LogP contribution in [0.2, 0.25) is 0 Å². The Bertz CT molecular complexity index is 687. The van der Waals surface area contributed by atoms with Gasteiger partial charge in [0.05, 0.1) is 12.1 Å². The topological polar surface area (TPSA) is 76.4 Å². The van der Waals surface area contributed by atoms with E-state index in [4.69, 9.17) is 9.26 Å². The van der Waals surface area contributed by atoms with Crippen LogP contribution in [0.5, 0.6) is 0 Å². The van der Waals surface area contributed by atoms with Crippen molar-refractivity contribution in [3.63, 3.8) is 0 Å². The molecule has 22 heavy (non-hydrogen) atoms. The van der Waals surface area contributed by atoms with Crippen LogP contribution in [0.1, 0.15) is 25.1 Å². The minimum absolute atomic E-state index is 0.138. The van der Waals surface area contributed by atoms with Crippen molar-refractivity contribution in [2.75, 3.05) is 19.7 Å². The molecule has 1 aromatic carbocycles. The number of rotatable bonds is 3. The zero-order chi connectivity index (χ0) is 15.7. The molecule has 0 spiro atoms. The van der Waals surface area contributed by atoms with E-state index in [1.54, 1.807) is 0 Å². The van der Waals surface area contributed by atoms with Crippen LogP contribution in [0.25, 0.3) is 11.0 Å². The average molecular weight is 303 g/mol. The molecule has 2 N–H and O–H groups in total. The number of hydrogen-bond acceptors (Lipinski definition) is 5. The Balaban J connectivity index is 1.84. The minimum atomic E-state index is -0.642. The highest BCUT2D eigenvalue weighted by molar-refractivity contribution is 5.85. The number of hydrogen-bond donors (Lipinski definition) is 2. The molecule has 1 atom stereocenters. The van der Waals surface area contributed by atoms with Crippen LogP contribution >= 0.6 is 0 Å². The lowest BCUT2D eigenvalue weighted by atomic mass is 9.96. The number of nitrogens with zero attached hydrogens (tertiary/aromatic N) is 1. The van der Waals surface area contributed by atoms with Crippen LogP contribution in [-0.2, 0) is 15.1 Å². The summed E-state index contributed by atoms with van der Waals surface area (Å²) in [5.74, 6) is -0.138. The molecule has 3 rings (SSSR count). The average Bonchev–Trinajstić information content (AvgIpc) is 2.94. The number of morpholine rings is 1. The molecule has 0 unspecified atom stereocenters. The predicted octanol–water partition coefficient (Wildman–Crippen LogP) is 1.48. The maximum absolute atomic E-state index is 12.4. The van der Waals surface area contributed by atoms with Gasteiger partial charge < -0.3 is 19.9 Å². The molecule has 6 heteroatoms. The van der Waals surface area contributed by atoms with Gasteiger partial charge in [-0.3, -0.25) is 4.79 Å². The van der Waals surface area contributed by atoms with Crippen LogP contribution in [0.4, 0.5) is 0 Å². The smallest absolute Gasteiger partial charge is 0.251 e. The molecule has 1 fully saturated rings. The van der Waals surface area contributed by atoms with Crippen molar-refractivity contribution in [1.82, 2.24) is 15.8 Å². The van der Waals surface area contributed by atoms with Crippen LogP contribution in [0.3, 0.4) is 0 Å². The zero-order valence-corrected chi connectivity index (χ0v) is 13.1. The van der Waals surface area contributed by atoms with Crippen molar-refractivity contribution in [2.24, 2.45) is 0 Å². The minimum Gasteiger partial charge on any atom is -0.366 e. The van der Waals surface area contributed by atoms with E-state index in [0.717, 1.165) is 28.8 Å². The number of aryl methyl sites for hydroxylation is 1. The fourth-order valence-electron chi connectivity index (χ4n) is 2.73. The molecule has 1 saturated heterocycles. The maximum atomic E-state index is 12.4. The highest BCUT2D eigenvalue weighted by Crippen LogP contribution is 2.29. The second-order valence-electron chi connectivity index (χ2n) is 6.16. The SMILES string of the molecule is Cc1cccc2c(C(C)(C)NC(=O)[C@@H]3CNCCO3)noc12. The number of para-hydroxylation sites is 1. The van der Waals surface area contributed by atoms with Gasteiger partial charge in [-0.05, 0) is 32.4 Å². The van der Waals surface area contributed by atoms with E-state index in [1.165, 1.54) is 0 Å². The van der Waals surface area contributed by atoms with E-state index in [1.807, 2.05) is 39.0 Å². The highest BCUT2D eigenvalue weighted by Gasteiger charge is 2.32. The van der Waals surface area contributed by atoms with E-state index in [-0.39, 0.29) is 5.91 Å². The summed E-state index contributed by atoms with van der Waals surface area (Å²) in [6.07, 6.45) is -0.465. The van der Waals surface area contributed by atoms with Crippen molar-refractivity contribution in [3.05, 3.63) is 29.5 Å². The van der Waals surface area contributed by atoms with Crippen molar-refractivity contribution in [3.8, 4) is 0 Å². The highest BCUT2D eigenvalue weighted by atomic mass is 16.5. The molecular formula is C16H21N3O3. The monoisotopic (exact) mass is 303 g/mol. The van der Waals surface area contributed by atoms with Gasteiger partial charge >= 0.3 is 0 Å². The van der Waals surface area contributed by atoms with E-state index < -0.39 is 11.6 Å². The Hall–Kier alpha value is -1.92. The van der Waals surface area contributed by atoms with Crippen molar-refractivity contribution >= 4 is 16.9 Å². The van der Waals surface area contributed by atoms with Gasteiger partial charge in [0.15, 0.2) is 5.58 Å². The maximum Gasteiger partial charge on any atom is 0.251 e. The molecule has 118 valence electrons. The van der Waals surface area contributed by atoms with Gasteiger partial charge in [-0.1, -0.05) is 17.3 Å². The molecule has 0 bridgehead atoms. The quantitative estimate of drug-likeness (QED) is 0.898. The van der Waals surface area contributed by atoms with E-state index >= 15 is 0 Å². The number of amides is 1. The second kappa shape index (κ2) is 5.70. The molecule has 1 aliphatic heterocycles. The first-order valence-corrected chi connectivity index (χ1v) is 7.49. The molecule has 1 amide bonds. The predicted molar refractivity (Wildman–Crippen MR) is 82.5 cm³/mol. The van der Waals surface area contributed by atoms with Crippen molar-refractivity contribution in [1.29, 1.82) is 0 Å². The van der Waals surface area contributed by atoms with Crippen molar-refractivity contribution < 1.29 is 14.1 Å². The summed E-state index contributed by atoms with van der Waals surface area (Å²) < 4.78 is 10.9. The Morgan fingerprint density at radius 3 is 3.00 bits per heavy atom. The largest absolute Gasteiger partial charge is 0.366 e. The number of carbonyl (C=O) groups is 1. The van der Waals surface area contributed by atoms with Gasteiger partial charge in [-0.15, -0.1) is 0 Å². The fraction of sp³-hybridized carbons (Fsp3) is 0.500. The first-order chi connectivity index (χ1) is 10.5. The number of fused-ring (bicyclic) bond motifs is 1. The molecule has 2 heterocycles. The molecule has 0 radical (unpaired) electrons. The number of nitrogens with one attached hydrogen (secondary N) is 2. The standard InChI is InChI=1S/C16H21N3O3/c1-10-5-4-6-11-13(10)22-19-14(11)16(2,3)18-15(20)12-9-17-7-8-21-12/h4-6,12,17H,7-9H2,1-3H3,(H,18,20)/t12-/m0/s1. The normalized spacial score (nSPS) is 19.3. The van der Waals surface area contributed by atoms with Crippen LogP contribution in [0.15, 0.2) is 22.7 Å². The first-order valence-electron chi connectivity index (χ1n) is 7.49. The fourth-order valence-corrected chi connectivity index (χ4v) is 2.73. The molecule has 1 aliphatic rings. The first kappa shape index (κ1) is 15.0. The lowest BCUT2D eigenvalue weighted by Gasteiger charge is -2.29. The van der Waals surface area contributed by atoms with Gasteiger partial charge in [0.2, 0.25) is 0 Å². The van der Waals surface area contributed by atoms with E-state index in [0.29, 0.717) is 13.2 Å². The van der Waals surface area contributed by atoms with Gasteiger partial charge in [0, 0.05) is 18.5 Å². The Labute approximate surface area is 129 Å². The number of benzene rings is 1. The lowest BCUT2D eigenvalue weighted by molar-refractivity contribution is -0.136. The number of ether oxygens (including phenoxy) is 1. The van der Waals surface area contributed by atoms with Crippen LogP contribution in [0, 0.1) is 6.92 Å². The third-order valence-corrected chi connectivity index (χ3v) is 3.94. The van der Waals surface area contributed by atoms with Gasteiger partial charge in [-0.2, -0.15) is 0 Å². The summed E-state index contributed by atoms with van der Waals surface area (Å²) in [6.45, 7) is 7.66. The third kappa shape index (κ3) is 2.71. The zero-order valence-electron chi connectivity index (χ0n) is 13.1. The number of carbonyl (C=O) groups excluding carboxylic acids is 1. The van der Waals surface area contributed by atoms with Gasteiger partial charge in [0.1, 0.15) is 11.8 Å². The van der Waals surface area contributed by atoms with Crippen LogP contribution < -0.4 is 10.6 Å². The van der Waals surface area contributed by atoms with E-state index in [2.05, 4.69) is 15.8 Å². The second-order valence-corrected chi connectivity index (χ2v) is 6.16. The van der Waals surface area contributed by atoms with Gasteiger partial charge in [-0.25, -0.2) is 0 Å². The summed E-state index contributed by atoms with van der Waals surface area (Å²) in [6, 6.07) is 5.90. The summed E-state index contributed by atoms with van der Waals surface area (Å²) in [5.41, 5.74) is 1.87. The summed E-state index contributed by atoms with van der Waals surface area (Å²) in [7, 11) is 0. The Kier molecular flexibility index (Phi) is 3.88. The van der Waals surface area contributed by atoms with Crippen LogP contribution in [-0.4, -0.2) is 36.9 Å². The molecule has 2 aromatic rings. The Morgan fingerprint density at radius 1 is 1.45 bits per heavy atom. The summed E-state index contributed by atoms with van der Waals surface area (Å²) in [4.78, 5) is 12.4. The number of aromatic nitrogens is 1.